The first-order valence-electron chi connectivity index (χ1n) is 6.24. The van der Waals surface area contributed by atoms with Crippen LogP contribution < -0.4 is 0 Å². The van der Waals surface area contributed by atoms with Crippen LogP contribution in [0.5, 0.6) is 0 Å². The highest BCUT2D eigenvalue weighted by Gasteiger charge is 2.37. The third kappa shape index (κ3) is 2.43. The van der Waals surface area contributed by atoms with Crippen LogP contribution in [-0.4, -0.2) is 5.97 Å². The SMILES string of the molecule is O=C1C[C@H](c2ccccc2)[C@@H](c2ccccc2Br)O1. The predicted molar refractivity (Wildman–Crippen MR) is 76.8 cm³/mol. The van der Waals surface area contributed by atoms with E-state index in [1.165, 1.54) is 0 Å². The summed E-state index contributed by atoms with van der Waals surface area (Å²) in [6.45, 7) is 0. The Morgan fingerprint density at radius 3 is 2.42 bits per heavy atom. The zero-order valence-corrected chi connectivity index (χ0v) is 11.8. The molecular formula is C16H13BrO2. The van der Waals surface area contributed by atoms with Crippen LogP contribution in [0.3, 0.4) is 0 Å². The molecule has 19 heavy (non-hydrogen) atoms. The highest BCUT2D eigenvalue weighted by Crippen LogP contribution is 2.44. The van der Waals surface area contributed by atoms with Gasteiger partial charge in [0.25, 0.3) is 0 Å². The van der Waals surface area contributed by atoms with Crippen molar-refractivity contribution in [3.8, 4) is 0 Å². The van der Waals surface area contributed by atoms with Crippen LogP contribution >= 0.6 is 15.9 Å². The maximum atomic E-state index is 11.7. The first-order chi connectivity index (χ1) is 9.25. The van der Waals surface area contributed by atoms with Crippen LogP contribution in [-0.2, 0) is 9.53 Å². The number of halogens is 1. The van der Waals surface area contributed by atoms with E-state index in [-0.39, 0.29) is 18.0 Å². The third-order valence-electron chi connectivity index (χ3n) is 3.45. The standard InChI is InChI=1S/C16H13BrO2/c17-14-9-5-4-8-12(14)16-13(10-15(18)19-16)11-6-2-1-3-7-11/h1-9,13,16H,10H2/t13-,16-/m1/s1. The van der Waals surface area contributed by atoms with Gasteiger partial charge in [-0.25, -0.2) is 0 Å². The largest absolute Gasteiger partial charge is 0.457 e. The molecule has 2 aromatic rings. The predicted octanol–water partition coefficient (Wildman–Crippen LogP) is 4.22. The number of cyclic esters (lactones) is 1. The van der Waals surface area contributed by atoms with Gasteiger partial charge in [0, 0.05) is 16.0 Å². The van der Waals surface area contributed by atoms with Gasteiger partial charge in [-0.3, -0.25) is 4.79 Å². The van der Waals surface area contributed by atoms with E-state index in [9.17, 15) is 4.79 Å². The van der Waals surface area contributed by atoms with Gasteiger partial charge in [0.1, 0.15) is 6.10 Å². The van der Waals surface area contributed by atoms with Crippen molar-refractivity contribution in [2.24, 2.45) is 0 Å². The van der Waals surface area contributed by atoms with Gasteiger partial charge in [0.05, 0.1) is 6.42 Å². The second-order valence-electron chi connectivity index (χ2n) is 4.65. The van der Waals surface area contributed by atoms with Gasteiger partial charge in [-0.1, -0.05) is 64.5 Å². The van der Waals surface area contributed by atoms with E-state index in [2.05, 4.69) is 28.1 Å². The molecule has 0 amide bonds. The molecule has 0 aliphatic carbocycles. The van der Waals surface area contributed by atoms with Crippen molar-refractivity contribution in [2.45, 2.75) is 18.4 Å². The number of benzene rings is 2. The number of carbonyl (C=O) groups is 1. The summed E-state index contributed by atoms with van der Waals surface area (Å²) in [4.78, 5) is 11.7. The molecule has 1 aliphatic heterocycles. The third-order valence-corrected chi connectivity index (χ3v) is 4.17. The Labute approximate surface area is 120 Å². The Hall–Kier alpha value is -1.61. The van der Waals surface area contributed by atoms with Crippen LogP contribution in [0.25, 0.3) is 0 Å². The zero-order valence-electron chi connectivity index (χ0n) is 10.3. The Kier molecular flexibility index (Phi) is 3.38. The van der Waals surface area contributed by atoms with E-state index < -0.39 is 0 Å². The van der Waals surface area contributed by atoms with E-state index in [1.807, 2.05) is 42.5 Å². The summed E-state index contributed by atoms with van der Waals surface area (Å²) < 4.78 is 6.51. The average Bonchev–Trinajstić information content (AvgIpc) is 2.82. The second kappa shape index (κ2) is 5.17. The zero-order chi connectivity index (χ0) is 13.2. The molecule has 1 heterocycles. The van der Waals surface area contributed by atoms with Gasteiger partial charge in [-0.15, -0.1) is 0 Å². The number of esters is 1. The highest BCUT2D eigenvalue weighted by atomic mass is 79.9. The summed E-state index contributed by atoms with van der Waals surface area (Å²) in [6.07, 6.45) is 0.237. The summed E-state index contributed by atoms with van der Waals surface area (Å²) >= 11 is 3.53. The maximum Gasteiger partial charge on any atom is 0.307 e. The fourth-order valence-electron chi connectivity index (χ4n) is 2.54. The van der Waals surface area contributed by atoms with Crippen LogP contribution in [0.4, 0.5) is 0 Å². The molecule has 2 nitrogen and oxygen atoms in total. The monoisotopic (exact) mass is 316 g/mol. The molecule has 0 unspecified atom stereocenters. The Bertz CT molecular complexity index is 595. The van der Waals surface area contributed by atoms with Crippen LogP contribution in [0.1, 0.15) is 29.6 Å². The second-order valence-corrected chi connectivity index (χ2v) is 5.51. The summed E-state index contributed by atoms with van der Waals surface area (Å²) in [5, 5.41) is 0. The maximum absolute atomic E-state index is 11.7. The number of hydrogen-bond donors (Lipinski definition) is 0. The number of rotatable bonds is 2. The van der Waals surface area contributed by atoms with Crippen molar-refractivity contribution in [1.29, 1.82) is 0 Å². The molecule has 0 N–H and O–H groups in total. The molecule has 0 radical (unpaired) electrons. The van der Waals surface area contributed by atoms with Gasteiger partial charge in [-0.05, 0) is 11.6 Å². The molecule has 1 fully saturated rings. The van der Waals surface area contributed by atoms with E-state index in [0.29, 0.717) is 6.42 Å². The molecule has 3 heteroatoms. The number of carbonyl (C=O) groups excluding carboxylic acids is 1. The van der Waals surface area contributed by atoms with E-state index in [1.54, 1.807) is 0 Å². The van der Waals surface area contributed by atoms with Crippen molar-refractivity contribution in [2.75, 3.05) is 0 Å². The van der Waals surface area contributed by atoms with Crippen molar-refractivity contribution >= 4 is 21.9 Å². The normalized spacial score (nSPS) is 22.3. The van der Waals surface area contributed by atoms with E-state index in [0.717, 1.165) is 15.6 Å². The minimum absolute atomic E-state index is 0.0902. The van der Waals surface area contributed by atoms with Crippen molar-refractivity contribution in [3.05, 3.63) is 70.2 Å². The lowest BCUT2D eigenvalue weighted by atomic mass is 9.89. The fourth-order valence-corrected chi connectivity index (χ4v) is 3.05. The van der Waals surface area contributed by atoms with E-state index >= 15 is 0 Å². The Morgan fingerprint density at radius 1 is 1.00 bits per heavy atom. The first kappa shape index (κ1) is 12.4. The molecule has 1 aliphatic rings. The number of ether oxygens (including phenoxy) is 1. The van der Waals surface area contributed by atoms with Crippen molar-refractivity contribution in [1.82, 2.24) is 0 Å². The smallest absolute Gasteiger partial charge is 0.307 e. The van der Waals surface area contributed by atoms with Gasteiger partial charge in [-0.2, -0.15) is 0 Å². The average molecular weight is 317 g/mol. The molecule has 1 saturated heterocycles. The van der Waals surface area contributed by atoms with Gasteiger partial charge in [0.2, 0.25) is 0 Å². The van der Waals surface area contributed by atoms with Crippen LogP contribution in [0.2, 0.25) is 0 Å². The van der Waals surface area contributed by atoms with Crippen LogP contribution in [0, 0.1) is 0 Å². The highest BCUT2D eigenvalue weighted by molar-refractivity contribution is 9.10. The summed E-state index contributed by atoms with van der Waals surface area (Å²) in [6, 6.07) is 18.0. The summed E-state index contributed by atoms with van der Waals surface area (Å²) in [5.41, 5.74) is 2.18. The van der Waals surface area contributed by atoms with Crippen molar-refractivity contribution in [3.63, 3.8) is 0 Å². The molecule has 3 rings (SSSR count). The van der Waals surface area contributed by atoms with Gasteiger partial charge < -0.3 is 4.74 Å². The van der Waals surface area contributed by atoms with Gasteiger partial charge in [0.15, 0.2) is 0 Å². The molecule has 0 saturated carbocycles. The molecule has 2 aromatic carbocycles. The molecule has 0 aromatic heterocycles. The lowest BCUT2D eigenvalue weighted by Gasteiger charge is -2.19. The summed E-state index contributed by atoms with van der Waals surface area (Å²) in [5.74, 6) is -0.0398. The quantitative estimate of drug-likeness (QED) is 0.775. The molecule has 0 bridgehead atoms. The summed E-state index contributed by atoms with van der Waals surface area (Å²) in [7, 11) is 0. The number of hydrogen-bond acceptors (Lipinski definition) is 2. The van der Waals surface area contributed by atoms with Crippen LogP contribution in [0.15, 0.2) is 59.1 Å². The Balaban J connectivity index is 2.00. The fraction of sp³-hybridized carbons (Fsp3) is 0.188. The Morgan fingerprint density at radius 2 is 1.68 bits per heavy atom. The van der Waals surface area contributed by atoms with E-state index in [4.69, 9.17) is 4.74 Å². The first-order valence-corrected chi connectivity index (χ1v) is 7.04. The van der Waals surface area contributed by atoms with Crippen molar-refractivity contribution < 1.29 is 9.53 Å². The lowest BCUT2D eigenvalue weighted by molar-refractivity contribution is -0.141. The van der Waals surface area contributed by atoms with Gasteiger partial charge >= 0.3 is 5.97 Å². The lowest BCUT2D eigenvalue weighted by Crippen LogP contribution is -2.06. The molecule has 0 spiro atoms. The molecule has 96 valence electrons. The minimum Gasteiger partial charge on any atom is -0.457 e. The molecule has 2 atom stereocenters. The topological polar surface area (TPSA) is 26.3 Å². The molecular weight excluding hydrogens is 304 g/mol. The minimum atomic E-state index is -0.203.